The summed E-state index contributed by atoms with van der Waals surface area (Å²) in [6.45, 7) is 29.6. The highest BCUT2D eigenvalue weighted by molar-refractivity contribution is 5.49. The molecule has 4 nitrogen and oxygen atoms in total. The highest BCUT2D eigenvalue weighted by Gasteiger charge is 1.97. The Morgan fingerprint density at radius 3 is 1.31 bits per heavy atom. The van der Waals surface area contributed by atoms with Gasteiger partial charge in [-0.15, -0.1) is 0 Å². The fourth-order valence-electron chi connectivity index (χ4n) is 3.26. The summed E-state index contributed by atoms with van der Waals surface area (Å²) in [5, 5.41) is 17.7. The Bertz CT molecular complexity index is 1490. The van der Waals surface area contributed by atoms with Crippen LogP contribution in [-0.2, 0) is 0 Å². The first-order valence-corrected chi connectivity index (χ1v) is 15.0. The Morgan fingerprint density at radius 1 is 0.422 bits per heavy atom. The van der Waals surface area contributed by atoms with Crippen molar-refractivity contribution in [2.24, 2.45) is 20.5 Å². The van der Waals surface area contributed by atoms with Gasteiger partial charge in [0.2, 0.25) is 0 Å². The second-order valence-corrected chi connectivity index (χ2v) is 10.2. The van der Waals surface area contributed by atoms with Crippen molar-refractivity contribution in [1.82, 2.24) is 0 Å². The molecular formula is C41H52N4. The van der Waals surface area contributed by atoms with Crippen molar-refractivity contribution in [2.45, 2.75) is 62.3 Å². The van der Waals surface area contributed by atoms with Crippen molar-refractivity contribution in [1.29, 1.82) is 0 Å². The Hall–Kier alpha value is -4.96. The molecule has 0 unspecified atom stereocenters. The van der Waals surface area contributed by atoms with Gasteiger partial charge < -0.3 is 0 Å². The number of azo groups is 2. The standard InChI is InChI=1S/C41H52N4/c1-13-19-39(34(10)24-23-33(9)16-4)28-25-35(11)42-44-40(20-14-2)30-26-36(12)43-45-41(21-15-3)31-29-38(18-6)37(17-5)27-22-32(7)8/h13-31H,4-6H2,1-3,7-12H3/b19-13-,20-14-,21-15-,33-23-,34-24+,35-25+,36-26+,37-27+,38-29+,39-28+,40-30+,41-31+,44-42+,45-43+. The van der Waals surface area contributed by atoms with E-state index in [4.69, 9.17) is 0 Å². The van der Waals surface area contributed by atoms with Gasteiger partial charge in [-0.2, -0.15) is 20.5 Å². The molecule has 0 bridgehead atoms. The molecule has 0 atom stereocenters. The maximum absolute atomic E-state index is 4.43. The largest absolute Gasteiger partial charge is 0.155 e. The quantitative estimate of drug-likeness (QED) is 0.118. The summed E-state index contributed by atoms with van der Waals surface area (Å²) in [6, 6.07) is 0. The molecule has 0 radical (unpaired) electrons. The fourth-order valence-corrected chi connectivity index (χ4v) is 3.26. The topological polar surface area (TPSA) is 49.4 Å². The predicted molar refractivity (Wildman–Crippen MR) is 200 cm³/mol. The minimum atomic E-state index is 0.696. The van der Waals surface area contributed by atoms with Crippen LogP contribution >= 0.6 is 0 Å². The van der Waals surface area contributed by atoms with E-state index >= 15 is 0 Å². The molecule has 0 aromatic rings. The van der Waals surface area contributed by atoms with E-state index in [1.807, 2.05) is 127 Å². The van der Waals surface area contributed by atoms with Crippen LogP contribution in [0.25, 0.3) is 0 Å². The number of rotatable bonds is 17. The number of hydrogen-bond donors (Lipinski definition) is 0. The van der Waals surface area contributed by atoms with Gasteiger partial charge in [0.05, 0.1) is 22.8 Å². The summed E-state index contributed by atoms with van der Waals surface area (Å²) >= 11 is 0. The Balaban J connectivity index is 6.14. The van der Waals surface area contributed by atoms with Gasteiger partial charge in [-0.05, 0) is 121 Å². The Kier molecular flexibility index (Phi) is 21.8. The average Bonchev–Trinajstić information content (AvgIpc) is 3.02. The number of hydrogen-bond acceptors (Lipinski definition) is 4. The maximum atomic E-state index is 4.43. The van der Waals surface area contributed by atoms with E-state index in [1.165, 1.54) is 5.57 Å². The van der Waals surface area contributed by atoms with E-state index in [1.54, 1.807) is 6.08 Å². The van der Waals surface area contributed by atoms with Crippen LogP contribution < -0.4 is 0 Å². The highest BCUT2D eigenvalue weighted by Crippen LogP contribution is 2.16. The third-order valence-electron chi connectivity index (χ3n) is 5.84. The molecule has 0 saturated carbocycles. The molecule has 0 amide bonds. The van der Waals surface area contributed by atoms with Crippen molar-refractivity contribution < 1.29 is 0 Å². The normalized spacial score (nSPS) is 15.8. The first kappa shape index (κ1) is 40.0. The van der Waals surface area contributed by atoms with E-state index in [-0.39, 0.29) is 0 Å². The second-order valence-electron chi connectivity index (χ2n) is 10.2. The monoisotopic (exact) mass is 600 g/mol. The van der Waals surface area contributed by atoms with Crippen LogP contribution in [0.2, 0.25) is 0 Å². The first-order chi connectivity index (χ1) is 21.5. The van der Waals surface area contributed by atoms with Crippen molar-refractivity contribution in [3.8, 4) is 0 Å². The van der Waals surface area contributed by atoms with Crippen molar-refractivity contribution >= 4 is 0 Å². The van der Waals surface area contributed by atoms with Crippen LogP contribution in [-0.4, -0.2) is 0 Å². The SMILES string of the molecule is C=C\C(C)=C/C=C(C)/C(/C=C\C)=C/C=C(C)/N=N/C(/C=C\C)=C/C=C(C)/N=N/C(/C=C\C)=C/C=C(C=C)/C(C=C)=C/C=C(C)C. The molecule has 0 saturated heterocycles. The summed E-state index contributed by atoms with van der Waals surface area (Å²) in [5.74, 6) is 0. The summed E-state index contributed by atoms with van der Waals surface area (Å²) in [6.07, 6.45) is 37.0. The van der Waals surface area contributed by atoms with Crippen LogP contribution in [0.4, 0.5) is 0 Å². The summed E-state index contributed by atoms with van der Waals surface area (Å²) in [5.41, 5.74) is 9.37. The lowest BCUT2D eigenvalue weighted by Gasteiger charge is -2.02. The van der Waals surface area contributed by atoms with Crippen LogP contribution in [0.3, 0.4) is 0 Å². The Morgan fingerprint density at radius 2 is 0.867 bits per heavy atom. The average molecular weight is 601 g/mol. The zero-order valence-electron chi connectivity index (χ0n) is 28.9. The fraction of sp³-hybridized carbons (Fsp3) is 0.220. The van der Waals surface area contributed by atoms with Crippen LogP contribution in [0.1, 0.15) is 62.3 Å². The Labute approximate surface area is 273 Å². The van der Waals surface area contributed by atoms with Gasteiger partial charge in [0.15, 0.2) is 0 Å². The lowest BCUT2D eigenvalue weighted by Crippen LogP contribution is -1.82. The molecule has 0 aliphatic carbocycles. The lowest BCUT2D eigenvalue weighted by molar-refractivity contribution is 1.07. The van der Waals surface area contributed by atoms with Crippen molar-refractivity contribution in [3.05, 3.63) is 191 Å². The van der Waals surface area contributed by atoms with Gasteiger partial charge in [-0.25, -0.2) is 0 Å². The minimum Gasteiger partial charge on any atom is -0.155 e. The summed E-state index contributed by atoms with van der Waals surface area (Å²) in [4.78, 5) is 0. The summed E-state index contributed by atoms with van der Waals surface area (Å²) < 4.78 is 0. The molecule has 0 aromatic carbocycles. The molecule has 0 spiro atoms. The van der Waals surface area contributed by atoms with Crippen LogP contribution in [0.5, 0.6) is 0 Å². The molecule has 0 fully saturated rings. The van der Waals surface area contributed by atoms with Gasteiger partial charge in [0.1, 0.15) is 0 Å². The zero-order valence-corrected chi connectivity index (χ0v) is 28.9. The molecule has 0 aromatic heterocycles. The van der Waals surface area contributed by atoms with Gasteiger partial charge >= 0.3 is 0 Å². The molecule has 45 heavy (non-hydrogen) atoms. The van der Waals surface area contributed by atoms with Gasteiger partial charge in [-0.3, -0.25) is 0 Å². The first-order valence-electron chi connectivity index (χ1n) is 15.0. The molecule has 0 N–H and O–H groups in total. The molecule has 0 aliphatic rings. The van der Waals surface area contributed by atoms with Gasteiger partial charge in [0, 0.05) is 0 Å². The van der Waals surface area contributed by atoms with E-state index in [2.05, 4.69) is 85.3 Å². The highest BCUT2D eigenvalue weighted by atomic mass is 15.1. The van der Waals surface area contributed by atoms with Crippen LogP contribution in [0.15, 0.2) is 212 Å². The van der Waals surface area contributed by atoms with E-state index in [0.717, 1.165) is 39.3 Å². The molecule has 4 heteroatoms. The molecule has 0 rings (SSSR count). The van der Waals surface area contributed by atoms with E-state index in [9.17, 15) is 0 Å². The molecular weight excluding hydrogens is 548 g/mol. The third-order valence-corrected chi connectivity index (χ3v) is 5.84. The number of allylic oxidation sites excluding steroid dienone is 27. The lowest BCUT2D eigenvalue weighted by atomic mass is 10.0. The molecule has 236 valence electrons. The van der Waals surface area contributed by atoms with E-state index in [0.29, 0.717) is 11.4 Å². The van der Waals surface area contributed by atoms with Crippen molar-refractivity contribution in [3.63, 3.8) is 0 Å². The predicted octanol–water partition coefficient (Wildman–Crippen LogP) is 13.4. The number of nitrogens with zero attached hydrogens (tertiary/aromatic N) is 4. The van der Waals surface area contributed by atoms with Gasteiger partial charge in [0.25, 0.3) is 0 Å². The second kappa shape index (κ2) is 24.5. The van der Waals surface area contributed by atoms with E-state index < -0.39 is 0 Å². The van der Waals surface area contributed by atoms with Crippen LogP contribution in [0, 0.1) is 0 Å². The molecule has 0 heterocycles. The van der Waals surface area contributed by atoms with Crippen molar-refractivity contribution in [2.75, 3.05) is 0 Å². The maximum Gasteiger partial charge on any atom is 0.0854 e. The van der Waals surface area contributed by atoms with Gasteiger partial charge in [-0.1, -0.05) is 110 Å². The zero-order chi connectivity index (χ0) is 34.0. The molecule has 0 aliphatic heterocycles. The smallest absolute Gasteiger partial charge is 0.0854 e. The third kappa shape index (κ3) is 19.0. The summed E-state index contributed by atoms with van der Waals surface area (Å²) in [7, 11) is 0. The minimum absolute atomic E-state index is 0.696.